The molecule has 0 saturated carbocycles. The Morgan fingerprint density at radius 2 is 1.77 bits per heavy atom. The van der Waals surface area contributed by atoms with Gasteiger partial charge in [-0.25, -0.2) is 9.38 Å². The topological polar surface area (TPSA) is 58.1 Å². The summed E-state index contributed by atoms with van der Waals surface area (Å²) in [5.41, 5.74) is 1.62. The molecular formula is C23H32FIN4O2. The maximum absolute atomic E-state index is 13.9. The highest BCUT2D eigenvalue weighted by Gasteiger charge is 2.11. The maximum Gasteiger partial charge on any atom is 0.191 e. The van der Waals surface area contributed by atoms with Gasteiger partial charge in [0.1, 0.15) is 18.2 Å². The van der Waals surface area contributed by atoms with Gasteiger partial charge < -0.3 is 20.1 Å². The zero-order valence-corrected chi connectivity index (χ0v) is 20.3. The summed E-state index contributed by atoms with van der Waals surface area (Å²) in [6.45, 7) is 8.57. The predicted molar refractivity (Wildman–Crippen MR) is 133 cm³/mol. The molecule has 0 atom stereocenters. The molecule has 1 saturated heterocycles. The highest BCUT2D eigenvalue weighted by Crippen LogP contribution is 2.19. The van der Waals surface area contributed by atoms with Crippen LogP contribution in [0.4, 0.5) is 4.39 Å². The van der Waals surface area contributed by atoms with Crippen LogP contribution in [-0.4, -0.2) is 56.9 Å². The third-order valence-corrected chi connectivity index (χ3v) is 4.90. The Balaban J connectivity index is 0.00000341. The number of nitrogens with one attached hydrogen (secondary N) is 2. The first-order valence-electron chi connectivity index (χ1n) is 10.5. The lowest BCUT2D eigenvalue weighted by atomic mass is 10.2. The van der Waals surface area contributed by atoms with E-state index in [1.807, 2.05) is 37.3 Å². The minimum Gasteiger partial charge on any atom is -0.492 e. The van der Waals surface area contributed by atoms with Gasteiger partial charge in [0.05, 0.1) is 19.8 Å². The zero-order valence-electron chi connectivity index (χ0n) is 18.0. The number of rotatable bonds is 9. The molecular weight excluding hydrogens is 510 g/mol. The van der Waals surface area contributed by atoms with E-state index in [0.717, 1.165) is 50.7 Å². The largest absolute Gasteiger partial charge is 0.492 e. The van der Waals surface area contributed by atoms with Crippen molar-refractivity contribution in [2.75, 3.05) is 46.0 Å². The first-order valence-corrected chi connectivity index (χ1v) is 10.5. The molecule has 1 aliphatic heterocycles. The van der Waals surface area contributed by atoms with Crippen molar-refractivity contribution in [2.45, 2.75) is 20.0 Å². The van der Waals surface area contributed by atoms with E-state index >= 15 is 0 Å². The van der Waals surface area contributed by atoms with Crippen molar-refractivity contribution in [1.29, 1.82) is 0 Å². The molecule has 0 amide bonds. The molecule has 31 heavy (non-hydrogen) atoms. The lowest BCUT2D eigenvalue weighted by Crippen LogP contribution is -2.38. The van der Waals surface area contributed by atoms with Crippen LogP contribution >= 0.6 is 24.0 Å². The molecule has 2 aromatic carbocycles. The average molecular weight is 542 g/mol. The van der Waals surface area contributed by atoms with Gasteiger partial charge in [-0.15, -0.1) is 24.0 Å². The van der Waals surface area contributed by atoms with E-state index in [9.17, 15) is 4.39 Å². The van der Waals surface area contributed by atoms with Crippen molar-refractivity contribution in [3.63, 3.8) is 0 Å². The summed E-state index contributed by atoms with van der Waals surface area (Å²) in [5.74, 6) is 1.27. The van der Waals surface area contributed by atoms with E-state index in [1.54, 1.807) is 12.1 Å². The molecule has 1 heterocycles. The van der Waals surface area contributed by atoms with Crippen LogP contribution in [0.5, 0.6) is 5.75 Å². The number of guanidine groups is 1. The van der Waals surface area contributed by atoms with Gasteiger partial charge >= 0.3 is 0 Å². The van der Waals surface area contributed by atoms with Gasteiger partial charge in [0.2, 0.25) is 0 Å². The molecule has 0 aromatic heterocycles. The fraction of sp³-hybridized carbons (Fsp3) is 0.435. The van der Waals surface area contributed by atoms with E-state index in [0.29, 0.717) is 31.2 Å². The molecule has 2 aromatic rings. The van der Waals surface area contributed by atoms with Crippen molar-refractivity contribution < 1.29 is 13.9 Å². The summed E-state index contributed by atoms with van der Waals surface area (Å²) in [6, 6.07) is 14.7. The predicted octanol–water partition coefficient (Wildman–Crippen LogP) is 3.41. The van der Waals surface area contributed by atoms with Crippen LogP contribution in [0.2, 0.25) is 0 Å². The fourth-order valence-electron chi connectivity index (χ4n) is 3.21. The van der Waals surface area contributed by atoms with Crippen LogP contribution in [0.1, 0.15) is 18.1 Å². The normalized spacial score (nSPS) is 14.6. The van der Waals surface area contributed by atoms with Gasteiger partial charge in [0, 0.05) is 43.9 Å². The molecule has 8 heteroatoms. The van der Waals surface area contributed by atoms with Gasteiger partial charge in [0.15, 0.2) is 5.96 Å². The summed E-state index contributed by atoms with van der Waals surface area (Å²) >= 11 is 0. The monoisotopic (exact) mass is 542 g/mol. The summed E-state index contributed by atoms with van der Waals surface area (Å²) in [5, 5.41) is 6.40. The van der Waals surface area contributed by atoms with Gasteiger partial charge in [-0.2, -0.15) is 0 Å². The number of hydrogen-bond donors (Lipinski definition) is 2. The smallest absolute Gasteiger partial charge is 0.191 e. The number of nitrogens with zero attached hydrogens (tertiary/aromatic N) is 2. The number of ether oxygens (including phenoxy) is 2. The summed E-state index contributed by atoms with van der Waals surface area (Å²) in [7, 11) is 0. The van der Waals surface area contributed by atoms with Gasteiger partial charge in [0.25, 0.3) is 0 Å². The Labute approximate surface area is 201 Å². The number of aliphatic imine (C=N–C) groups is 1. The van der Waals surface area contributed by atoms with Crippen molar-refractivity contribution in [2.24, 2.45) is 4.99 Å². The van der Waals surface area contributed by atoms with E-state index in [-0.39, 0.29) is 29.8 Å². The van der Waals surface area contributed by atoms with Gasteiger partial charge in [-0.3, -0.25) is 4.90 Å². The first-order chi connectivity index (χ1) is 14.8. The van der Waals surface area contributed by atoms with Crippen LogP contribution in [0, 0.1) is 5.82 Å². The number of para-hydroxylation sites is 1. The Hall–Kier alpha value is -1.91. The van der Waals surface area contributed by atoms with Gasteiger partial charge in [-0.1, -0.05) is 36.4 Å². The van der Waals surface area contributed by atoms with E-state index in [2.05, 4.69) is 20.5 Å². The third kappa shape index (κ3) is 8.62. The molecule has 3 rings (SSSR count). The standard InChI is InChI=1S/C23H31FN4O2.HI/c1-2-25-23(26-17-19-7-3-5-9-21(19)24)27-18-20-8-4-6-10-22(20)30-16-13-28-11-14-29-15-12-28;/h3-10H,2,11-18H2,1H3,(H2,25,26,27);1H. The summed E-state index contributed by atoms with van der Waals surface area (Å²) < 4.78 is 25.3. The minimum absolute atomic E-state index is 0. The molecule has 0 spiro atoms. The molecule has 6 nitrogen and oxygen atoms in total. The SMILES string of the molecule is CCNC(=NCc1ccccc1OCCN1CCOCC1)NCc1ccccc1F.I. The highest BCUT2D eigenvalue weighted by molar-refractivity contribution is 14.0. The second kappa shape index (κ2) is 14.2. The summed E-state index contributed by atoms with van der Waals surface area (Å²) in [6.07, 6.45) is 0. The van der Waals surface area contributed by atoms with E-state index in [4.69, 9.17) is 9.47 Å². The van der Waals surface area contributed by atoms with Crippen molar-refractivity contribution in [3.05, 3.63) is 65.5 Å². The molecule has 0 unspecified atom stereocenters. The second-order valence-corrected chi connectivity index (χ2v) is 7.05. The maximum atomic E-state index is 13.9. The Kier molecular flexibility index (Phi) is 11.6. The number of hydrogen-bond acceptors (Lipinski definition) is 4. The molecule has 170 valence electrons. The third-order valence-electron chi connectivity index (χ3n) is 4.90. The van der Waals surface area contributed by atoms with E-state index in [1.165, 1.54) is 6.07 Å². The van der Waals surface area contributed by atoms with Crippen molar-refractivity contribution >= 4 is 29.9 Å². The highest BCUT2D eigenvalue weighted by atomic mass is 127. The van der Waals surface area contributed by atoms with Crippen LogP contribution in [0.15, 0.2) is 53.5 Å². The van der Waals surface area contributed by atoms with Gasteiger partial charge in [-0.05, 0) is 19.1 Å². The first kappa shape index (κ1) is 25.4. The quantitative estimate of drug-likeness (QED) is 0.289. The number of benzene rings is 2. The lowest BCUT2D eigenvalue weighted by molar-refractivity contribution is 0.0322. The van der Waals surface area contributed by atoms with Crippen LogP contribution in [0.25, 0.3) is 0 Å². The van der Waals surface area contributed by atoms with Crippen LogP contribution < -0.4 is 15.4 Å². The molecule has 0 aliphatic carbocycles. The average Bonchev–Trinajstić information content (AvgIpc) is 2.78. The van der Waals surface area contributed by atoms with E-state index < -0.39 is 0 Å². The fourth-order valence-corrected chi connectivity index (χ4v) is 3.21. The van der Waals surface area contributed by atoms with Crippen molar-refractivity contribution in [1.82, 2.24) is 15.5 Å². The van der Waals surface area contributed by atoms with Crippen LogP contribution in [-0.2, 0) is 17.8 Å². The molecule has 2 N–H and O–H groups in total. The Morgan fingerprint density at radius 3 is 2.52 bits per heavy atom. The Morgan fingerprint density at radius 1 is 1.06 bits per heavy atom. The van der Waals surface area contributed by atoms with Crippen LogP contribution in [0.3, 0.4) is 0 Å². The number of morpholine rings is 1. The molecule has 0 radical (unpaired) electrons. The lowest BCUT2D eigenvalue weighted by Gasteiger charge is -2.26. The number of halogens is 2. The van der Waals surface area contributed by atoms with Crippen molar-refractivity contribution in [3.8, 4) is 5.75 Å². The molecule has 1 fully saturated rings. The zero-order chi connectivity index (χ0) is 21.0. The second-order valence-electron chi connectivity index (χ2n) is 7.05. The molecule has 1 aliphatic rings. The Bertz CT molecular complexity index is 816. The molecule has 0 bridgehead atoms. The summed E-state index contributed by atoms with van der Waals surface area (Å²) in [4.78, 5) is 7.00. The minimum atomic E-state index is -0.222.